The van der Waals surface area contributed by atoms with E-state index in [0.717, 1.165) is 11.8 Å². The van der Waals surface area contributed by atoms with Crippen molar-refractivity contribution < 1.29 is 0 Å². The average molecular weight is 122 g/mol. The summed E-state index contributed by atoms with van der Waals surface area (Å²) < 4.78 is 0. The molecule has 0 saturated carbocycles. The third-order valence-electron chi connectivity index (χ3n) is 2.28. The molecule has 1 aliphatic rings. The van der Waals surface area contributed by atoms with Crippen LogP contribution >= 0.6 is 0 Å². The summed E-state index contributed by atoms with van der Waals surface area (Å²) in [5.41, 5.74) is 1.50. The van der Waals surface area contributed by atoms with Crippen LogP contribution in [0, 0.1) is 11.8 Å². The minimum atomic E-state index is 0.731. The van der Waals surface area contributed by atoms with E-state index in [4.69, 9.17) is 0 Å². The maximum Gasteiger partial charge on any atom is -0.0171 e. The SMILES string of the molecule is CC1=CC=C[C@H](C)[C@H]1C. The topological polar surface area (TPSA) is 0 Å². The Balaban J connectivity index is 2.73. The summed E-state index contributed by atoms with van der Waals surface area (Å²) in [5, 5.41) is 0. The Kier molecular flexibility index (Phi) is 1.75. The second-order valence-electron chi connectivity index (χ2n) is 2.94. The van der Waals surface area contributed by atoms with Crippen LogP contribution in [0.15, 0.2) is 23.8 Å². The first-order valence-electron chi connectivity index (χ1n) is 3.57. The molecular formula is C9H14. The predicted octanol–water partition coefficient (Wildman–Crippen LogP) is 2.77. The van der Waals surface area contributed by atoms with Crippen LogP contribution < -0.4 is 0 Å². The second-order valence-corrected chi connectivity index (χ2v) is 2.94. The fourth-order valence-corrected chi connectivity index (χ4v) is 1.12. The summed E-state index contributed by atoms with van der Waals surface area (Å²) in [4.78, 5) is 0. The van der Waals surface area contributed by atoms with Gasteiger partial charge in [-0.15, -0.1) is 0 Å². The fourth-order valence-electron chi connectivity index (χ4n) is 1.12. The smallest absolute Gasteiger partial charge is 0.0171 e. The largest absolute Gasteiger partial charge is 0.0811 e. The molecule has 0 aromatic heterocycles. The summed E-state index contributed by atoms with van der Waals surface area (Å²) in [6.07, 6.45) is 6.61. The molecule has 0 nitrogen and oxygen atoms in total. The van der Waals surface area contributed by atoms with E-state index in [2.05, 4.69) is 39.0 Å². The van der Waals surface area contributed by atoms with E-state index in [0.29, 0.717) is 0 Å². The first-order valence-corrected chi connectivity index (χ1v) is 3.57. The molecule has 0 unspecified atom stereocenters. The van der Waals surface area contributed by atoms with Gasteiger partial charge in [0.05, 0.1) is 0 Å². The van der Waals surface area contributed by atoms with Gasteiger partial charge >= 0.3 is 0 Å². The molecule has 0 aromatic rings. The van der Waals surface area contributed by atoms with Crippen molar-refractivity contribution in [2.24, 2.45) is 11.8 Å². The lowest BCUT2D eigenvalue weighted by molar-refractivity contribution is 0.523. The van der Waals surface area contributed by atoms with Crippen molar-refractivity contribution in [2.75, 3.05) is 0 Å². The van der Waals surface area contributed by atoms with Gasteiger partial charge in [-0.2, -0.15) is 0 Å². The third kappa shape index (κ3) is 1.24. The van der Waals surface area contributed by atoms with Gasteiger partial charge in [0.25, 0.3) is 0 Å². The van der Waals surface area contributed by atoms with E-state index in [9.17, 15) is 0 Å². The Morgan fingerprint density at radius 3 is 2.44 bits per heavy atom. The summed E-state index contributed by atoms with van der Waals surface area (Å²) >= 11 is 0. The van der Waals surface area contributed by atoms with Crippen LogP contribution in [-0.4, -0.2) is 0 Å². The minimum absolute atomic E-state index is 0.731. The third-order valence-corrected chi connectivity index (χ3v) is 2.28. The van der Waals surface area contributed by atoms with Gasteiger partial charge in [0.2, 0.25) is 0 Å². The van der Waals surface area contributed by atoms with Crippen LogP contribution in [0.1, 0.15) is 20.8 Å². The molecule has 0 saturated heterocycles. The molecule has 50 valence electrons. The van der Waals surface area contributed by atoms with Gasteiger partial charge in [-0.1, -0.05) is 37.6 Å². The number of hydrogen-bond acceptors (Lipinski definition) is 0. The summed E-state index contributed by atoms with van der Waals surface area (Å²) in [6, 6.07) is 0. The Morgan fingerprint density at radius 1 is 1.33 bits per heavy atom. The average Bonchev–Trinajstić information content (AvgIpc) is 1.83. The fraction of sp³-hybridized carbons (Fsp3) is 0.556. The Hall–Kier alpha value is -0.520. The number of hydrogen-bond donors (Lipinski definition) is 0. The zero-order valence-corrected chi connectivity index (χ0v) is 6.39. The van der Waals surface area contributed by atoms with Crippen molar-refractivity contribution in [3.8, 4) is 0 Å². The van der Waals surface area contributed by atoms with Crippen LogP contribution in [0.3, 0.4) is 0 Å². The van der Waals surface area contributed by atoms with Crippen LogP contribution in [-0.2, 0) is 0 Å². The van der Waals surface area contributed by atoms with Crippen LogP contribution in [0.25, 0.3) is 0 Å². The molecule has 9 heavy (non-hydrogen) atoms. The number of rotatable bonds is 0. The van der Waals surface area contributed by atoms with E-state index in [1.165, 1.54) is 5.57 Å². The van der Waals surface area contributed by atoms with Gasteiger partial charge in [0, 0.05) is 0 Å². The summed E-state index contributed by atoms with van der Waals surface area (Å²) in [6.45, 7) is 6.74. The van der Waals surface area contributed by atoms with E-state index in [1.54, 1.807) is 0 Å². The molecule has 1 aliphatic carbocycles. The van der Waals surface area contributed by atoms with Crippen molar-refractivity contribution in [3.63, 3.8) is 0 Å². The molecule has 0 N–H and O–H groups in total. The van der Waals surface area contributed by atoms with Gasteiger partial charge < -0.3 is 0 Å². The highest BCUT2D eigenvalue weighted by molar-refractivity contribution is 5.20. The van der Waals surface area contributed by atoms with E-state index in [-0.39, 0.29) is 0 Å². The molecule has 0 radical (unpaired) electrons. The number of allylic oxidation sites excluding steroid dienone is 4. The van der Waals surface area contributed by atoms with Gasteiger partial charge in [-0.3, -0.25) is 0 Å². The minimum Gasteiger partial charge on any atom is -0.0811 e. The van der Waals surface area contributed by atoms with Crippen molar-refractivity contribution in [1.29, 1.82) is 0 Å². The first kappa shape index (κ1) is 6.60. The van der Waals surface area contributed by atoms with Gasteiger partial charge in [-0.25, -0.2) is 0 Å². The Morgan fingerprint density at radius 2 is 2.00 bits per heavy atom. The Bertz CT molecular complexity index is 151. The normalized spacial score (nSPS) is 34.3. The van der Waals surface area contributed by atoms with Crippen molar-refractivity contribution in [1.82, 2.24) is 0 Å². The van der Waals surface area contributed by atoms with Crippen molar-refractivity contribution in [3.05, 3.63) is 23.8 Å². The lowest BCUT2D eigenvalue weighted by Crippen LogP contribution is -2.08. The highest BCUT2D eigenvalue weighted by Crippen LogP contribution is 2.24. The molecule has 0 amide bonds. The van der Waals surface area contributed by atoms with Crippen LogP contribution in [0.4, 0.5) is 0 Å². The Labute approximate surface area is 57.3 Å². The summed E-state index contributed by atoms with van der Waals surface area (Å²) in [5.74, 6) is 1.48. The van der Waals surface area contributed by atoms with Crippen LogP contribution in [0.5, 0.6) is 0 Å². The molecule has 0 heterocycles. The van der Waals surface area contributed by atoms with Crippen LogP contribution in [0.2, 0.25) is 0 Å². The van der Waals surface area contributed by atoms with E-state index < -0.39 is 0 Å². The van der Waals surface area contributed by atoms with E-state index in [1.807, 2.05) is 0 Å². The van der Waals surface area contributed by atoms with E-state index >= 15 is 0 Å². The maximum absolute atomic E-state index is 2.28. The molecular weight excluding hydrogens is 108 g/mol. The highest BCUT2D eigenvalue weighted by Gasteiger charge is 2.12. The van der Waals surface area contributed by atoms with Crippen molar-refractivity contribution in [2.45, 2.75) is 20.8 Å². The molecule has 0 aromatic carbocycles. The molecule has 0 aliphatic heterocycles. The predicted molar refractivity (Wildman–Crippen MR) is 41.2 cm³/mol. The highest BCUT2D eigenvalue weighted by atomic mass is 14.2. The zero-order valence-electron chi connectivity index (χ0n) is 6.39. The molecule has 0 fully saturated rings. The quantitative estimate of drug-likeness (QED) is 0.463. The lowest BCUT2D eigenvalue weighted by atomic mass is 9.86. The van der Waals surface area contributed by atoms with Gasteiger partial charge in [0.1, 0.15) is 0 Å². The summed E-state index contributed by atoms with van der Waals surface area (Å²) in [7, 11) is 0. The standard InChI is InChI=1S/C9H14/c1-7-5-4-6-8(2)9(7)3/h4-7,9H,1-3H3/t7-,9+/m0/s1. The maximum atomic E-state index is 2.28. The molecule has 0 spiro atoms. The monoisotopic (exact) mass is 122 g/mol. The lowest BCUT2D eigenvalue weighted by Gasteiger charge is -2.19. The molecule has 0 bridgehead atoms. The molecule has 0 heteroatoms. The zero-order chi connectivity index (χ0) is 6.85. The van der Waals surface area contributed by atoms with Crippen molar-refractivity contribution >= 4 is 0 Å². The van der Waals surface area contributed by atoms with Gasteiger partial charge in [0.15, 0.2) is 0 Å². The second kappa shape index (κ2) is 2.38. The molecule has 1 rings (SSSR count). The van der Waals surface area contributed by atoms with Gasteiger partial charge in [-0.05, 0) is 18.8 Å². The first-order chi connectivity index (χ1) is 4.22. The molecule has 2 atom stereocenters.